The molecular weight excluding hydrogens is 512 g/mol. The Kier molecular flexibility index (Phi) is 8.77. The third kappa shape index (κ3) is 6.36. The number of sulfone groups is 1. The second-order valence-corrected chi connectivity index (χ2v) is 13.9. The zero-order valence-corrected chi connectivity index (χ0v) is 23.6. The van der Waals surface area contributed by atoms with Crippen LogP contribution in [-0.4, -0.2) is 52.9 Å². The summed E-state index contributed by atoms with van der Waals surface area (Å²) in [7, 11) is -3.55. The predicted molar refractivity (Wildman–Crippen MR) is 146 cm³/mol. The maximum atomic E-state index is 14.2. The second-order valence-electron chi connectivity index (χ2n) is 10.8. The molecule has 2 unspecified atom stereocenters. The summed E-state index contributed by atoms with van der Waals surface area (Å²) in [6.45, 7) is 8.95. The Morgan fingerprint density at radius 2 is 1.76 bits per heavy atom. The normalized spacial score (nSPS) is 23.5. The Hall–Kier alpha value is -2.42. The number of halogens is 1. The molecule has 9 heteroatoms. The van der Waals surface area contributed by atoms with Crippen LogP contribution in [0, 0.1) is 12.8 Å². The average molecular weight is 549 g/mol. The van der Waals surface area contributed by atoms with Gasteiger partial charge in [-0.1, -0.05) is 67.4 Å². The van der Waals surface area contributed by atoms with Crippen LogP contribution in [0.2, 0.25) is 5.02 Å². The number of carbonyl (C=O) groups excluding carboxylic acids is 1. The fourth-order valence-corrected chi connectivity index (χ4v) is 6.75. The Bertz CT molecular complexity index is 1250. The summed E-state index contributed by atoms with van der Waals surface area (Å²) in [5, 5.41) is 9.60. The van der Waals surface area contributed by atoms with Gasteiger partial charge in [0, 0.05) is 17.0 Å². The molecule has 3 rings (SSSR count). The lowest BCUT2D eigenvalue weighted by Crippen LogP contribution is -2.66. The number of hydrogen-bond acceptors (Lipinski definition) is 5. The summed E-state index contributed by atoms with van der Waals surface area (Å²) in [4.78, 5) is 27.6. The Morgan fingerprint density at radius 3 is 2.27 bits per heavy atom. The average Bonchev–Trinajstić information content (AvgIpc) is 2.79. The highest BCUT2D eigenvalue weighted by atomic mass is 35.5. The molecule has 0 bridgehead atoms. The third-order valence-electron chi connectivity index (χ3n) is 7.32. The number of carboxylic acid groups (broad SMARTS) is 1. The van der Waals surface area contributed by atoms with Crippen molar-refractivity contribution < 1.29 is 23.1 Å². The number of nitrogens with zero attached hydrogens (tertiary/aromatic N) is 1. The van der Waals surface area contributed by atoms with Gasteiger partial charge in [-0.3, -0.25) is 9.59 Å². The monoisotopic (exact) mass is 548 g/mol. The van der Waals surface area contributed by atoms with E-state index in [2.05, 4.69) is 0 Å². The lowest BCUT2D eigenvalue weighted by molar-refractivity contribution is -0.154. The van der Waals surface area contributed by atoms with Crippen molar-refractivity contribution in [1.82, 2.24) is 4.90 Å². The van der Waals surface area contributed by atoms with Gasteiger partial charge in [-0.2, -0.15) is 0 Å². The maximum Gasteiger partial charge on any atom is 0.305 e. The van der Waals surface area contributed by atoms with Crippen molar-refractivity contribution in [3.05, 3.63) is 70.2 Å². The van der Waals surface area contributed by atoms with Gasteiger partial charge in [0.1, 0.15) is 5.54 Å². The second kappa shape index (κ2) is 11.1. The smallest absolute Gasteiger partial charge is 0.305 e. The van der Waals surface area contributed by atoms with E-state index in [9.17, 15) is 23.1 Å². The van der Waals surface area contributed by atoms with Crippen LogP contribution < -0.4 is 5.73 Å². The van der Waals surface area contributed by atoms with Crippen LogP contribution in [0.25, 0.3) is 0 Å². The fourth-order valence-electron chi connectivity index (χ4n) is 5.22. The minimum atomic E-state index is -3.55. The fraction of sp³-hybridized carbons (Fsp3) is 0.500. The van der Waals surface area contributed by atoms with Gasteiger partial charge >= 0.3 is 5.97 Å². The van der Waals surface area contributed by atoms with E-state index >= 15 is 0 Å². The summed E-state index contributed by atoms with van der Waals surface area (Å²) < 4.78 is 26.3. The van der Waals surface area contributed by atoms with Gasteiger partial charge in [0.05, 0.1) is 23.5 Å². The van der Waals surface area contributed by atoms with Gasteiger partial charge < -0.3 is 15.7 Å². The van der Waals surface area contributed by atoms with Crippen molar-refractivity contribution >= 4 is 33.3 Å². The third-order valence-corrected chi connectivity index (χ3v) is 9.82. The minimum Gasteiger partial charge on any atom is -0.481 e. The molecule has 37 heavy (non-hydrogen) atoms. The molecule has 3 N–H and O–H groups in total. The van der Waals surface area contributed by atoms with Gasteiger partial charge in [-0.15, -0.1) is 0 Å². The minimum absolute atomic E-state index is 0.104. The largest absolute Gasteiger partial charge is 0.481 e. The van der Waals surface area contributed by atoms with Gasteiger partial charge in [0.15, 0.2) is 9.84 Å². The quantitative estimate of drug-likeness (QED) is 0.468. The number of carbonyl (C=O) groups is 2. The highest BCUT2D eigenvalue weighted by molar-refractivity contribution is 7.92. The number of amides is 1. The predicted octanol–water partition coefficient (Wildman–Crippen LogP) is 4.73. The van der Waals surface area contributed by atoms with E-state index in [0.29, 0.717) is 5.02 Å². The van der Waals surface area contributed by atoms with Crippen LogP contribution in [0.1, 0.15) is 69.2 Å². The molecule has 1 saturated heterocycles. The van der Waals surface area contributed by atoms with Crippen molar-refractivity contribution in [3.8, 4) is 0 Å². The Balaban J connectivity index is 2.30. The molecule has 7 nitrogen and oxygen atoms in total. The molecular formula is C28H37ClN2O5S. The molecule has 1 amide bonds. The molecule has 1 heterocycles. The van der Waals surface area contributed by atoms with Crippen LogP contribution in [0.3, 0.4) is 0 Å². The number of aliphatic carboxylic acids is 1. The summed E-state index contributed by atoms with van der Waals surface area (Å²) >= 11 is 6.18. The number of rotatable bonds is 9. The number of carboxylic acids is 1. The lowest BCUT2D eigenvalue weighted by atomic mass is 9.70. The maximum absolute atomic E-state index is 14.2. The van der Waals surface area contributed by atoms with Crippen molar-refractivity contribution in [2.75, 3.05) is 5.75 Å². The number of piperidine rings is 1. The number of benzene rings is 2. The standard InChI is InChI=1S/C28H37ClN2O5S/c1-17(2)24(16-37(35,36)18(3)4)31-26(20-9-11-22(29)12-10-20)23(21-8-6-7-19(5)13-21)14-28(30,27(31)34)15-25(32)33/h6-13,17-18,23-24,26H,14-16,30H2,1-5H3,(H,32,33)/t23?,24-,26?,28+/m1/s1. The van der Waals surface area contributed by atoms with E-state index < -0.39 is 51.0 Å². The molecule has 1 aliphatic heterocycles. The van der Waals surface area contributed by atoms with E-state index in [1.807, 2.05) is 57.2 Å². The summed E-state index contributed by atoms with van der Waals surface area (Å²) in [5.41, 5.74) is 7.66. The van der Waals surface area contributed by atoms with Crippen molar-refractivity contribution in [1.29, 1.82) is 0 Å². The van der Waals surface area contributed by atoms with Gasteiger partial charge in [0.25, 0.3) is 0 Å². The molecule has 2 aromatic carbocycles. The summed E-state index contributed by atoms with van der Waals surface area (Å²) in [6.07, 6.45) is -0.452. The van der Waals surface area contributed by atoms with E-state index in [1.54, 1.807) is 30.9 Å². The van der Waals surface area contributed by atoms with E-state index in [4.69, 9.17) is 17.3 Å². The molecule has 4 atom stereocenters. The highest BCUT2D eigenvalue weighted by Crippen LogP contribution is 2.48. The van der Waals surface area contributed by atoms with E-state index in [-0.39, 0.29) is 24.0 Å². The number of likely N-dealkylation sites (tertiary alicyclic amines) is 1. The van der Waals surface area contributed by atoms with E-state index in [0.717, 1.165) is 16.7 Å². The molecule has 0 aromatic heterocycles. The SMILES string of the molecule is Cc1cccc(C2C[C@](N)(CC(=O)O)C(=O)N([C@H](CS(=O)(=O)C(C)C)C(C)C)C2c2ccc(Cl)cc2)c1. The van der Waals surface area contributed by atoms with Gasteiger partial charge in [-0.05, 0) is 56.4 Å². The van der Waals surface area contributed by atoms with Crippen molar-refractivity contribution in [3.63, 3.8) is 0 Å². The first-order valence-corrected chi connectivity index (χ1v) is 14.6. The van der Waals surface area contributed by atoms with Crippen LogP contribution in [0.15, 0.2) is 48.5 Å². The Labute approximate surface area is 224 Å². The van der Waals surface area contributed by atoms with Crippen molar-refractivity contribution in [2.24, 2.45) is 11.7 Å². The highest BCUT2D eigenvalue weighted by Gasteiger charge is 2.54. The number of nitrogens with two attached hydrogens (primary N) is 1. The number of hydrogen-bond donors (Lipinski definition) is 2. The zero-order valence-electron chi connectivity index (χ0n) is 22.0. The molecule has 2 aromatic rings. The molecule has 202 valence electrons. The van der Waals surface area contributed by atoms with Crippen LogP contribution in [0.5, 0.6) is 0 Å². The first kappa shape index (κ1) is 29.1. The molecule has 1 fully saturated rings. The molecule has 0 radical (unpaired) electrons. The zero-order chi connectivity index (χ0) is 27.7. The topological polar surface area (TPSA) is 118 Å². The molecule has 1 aliphatic rings. The summed E-state index contributed by atoms with van der Waals surface area (Å²) in [5.74, 6) is -2.58. The van der Waals surface area contributed by atoms with Gasteiger partial charge in [0.2, 0.25) is 5.91 Å². The summed E-state index contributed by atoms with van der Waals surface area (Å²) in [6, 6.07) is 13.7. The van der Waals surface area contributed by atoms with Crippen molar-refractivity contribution in [2.45, 2.75) is 76.3 Å². The lowest BCUT2D eigenvalue weighted by Gasteiger charge is -2.52. The van der Waals surface area contributed by atoms with Gasteiger partial charge in [-0.25, -0.2) is 8.42 Å². The first-order chi connectivity index (χ1) is 17.2. The Morgan fingerprint density at radius 1 is 1.14 bits per heavy atom. The molecule has 0 spiro atoms. The van der Waals surface area contributed by atoms with Crippen LogP contribution in [-0.2, 0) is 19.4 Å². The molecule has 0 saturated carbocycles. The van der Waals surface area contributed by atoms with Crippen LogP contribution >= 0.6 is 11.6 Å². The van der Waals surface area contributed by atoms with E-state index in [1.165, 1.54) is 0 Å². The molecule has 0 aliphatic carbocycles. The number of aryl methyl sites for hydroxylation is 1. The first-order valence-electron chi connectivity index (χ1n) is 12.5. The van der Waals surface area contributed by atoms with Crippen LogP contribution in [0.4, 0.5) is 0 Å².